The number of likely N-dealkylation sites (tertiary alicyclic amines) is 1. The van der Waals surface area contributed by atoms with Gasteiger partial charge >= 0.3 is 12.1 Å². The fraction of sp³-hybridized carbons (Fsp3) is 0.857. The summed E-state index contributed by atoms with van der Waals surface area (Å²) in [4.78, 5) is 28.6. The Kier molecular flexibility index (Phi) is 5.44. The van der Waals surface area contributed by atoms with Crippen LogP contribution in [0.3, 0.4) is 0 Å². The highest BCUT2D eigenvalue weighted by Crippen LogP contribution is 2.19. The van der Waals surface area contributed by atoms with E-state index >= 15 is 0 Å². The summed E-state index contributed by atoms with van der Waals surface area (Å²) in [7, 11) is 3.23. The maximum absolute atomic E-state index is 12.1. The maximum Gasteiger partial charge on any atom is 0.410 e. The average Bonchev–Trinajstić information content (AvgIpc) is 2.83. The number of urea groups is 1. The summed E-state index contributed by atoms with van der Waals surface area (Å²) in [5, 5.41) is 9.44. The number of carbonyl (C=O) groups is 2. The van der Waals surface area contributed by atoms with E-state index in [2.05, 4.69) is 0 Å². The van der Waals surface area contributed by atoms with E-state index < -0.39 is 11.8 Å². The number of rotatable bonds is 2. The largest absolute Gasteiger partial charge is 0.444 e. The number of hydrogen-bond donors (Lipinski definition) is 1. The lowest BCUT2D eigenvalue weighted by Gasteiger charge is -2.31. The van der Waals surface area contributed by atoms with Crippen LogP contribution in [-0.4, -0.2) is 77.0 Å². The van der Waals surface area contributed by atoms with Crippen molar-refractivity contribution in [3.8, 4) is 0 Å². The van der Waals surface area contributed by atoms with Crippen LogP contribution in [0.5, 0.6) is 0 Å². The number of amides is 3. The first-order valence-electron chi connectivity index (χ1n) is 7.18. The van der Waals surface area contributed by atoms with Gasteiger partial charge in [0.2, 0.25) is 0 Å². The predicted octanol–water partition coefficient (Wildman–Crippen LogP) is 1.32. The lowest BCUT2D eigenvalue weighted by Crippen LogP contribution is -2.48. The van der Waals surface area contributed by atoms with Crippen molar-refractivity contribution < 1.29 is 19.4 Å². The van der Waals surface area contributed by atoms with E-state index in [1.54, 1.807) is 23.9 Å². The molecule has 7 heteroatoms. The van der Waals surface area contributed by atoms with Crippen molar-refractivity contribution in [1.29, 1.82) is 0 Å². The van der Waals surface area contributed by atoms with Crippen molar-refractivity contribution in [2.75, 3.05) is 27.2 Å². The molecule has 1 aliphatic rings. The van der Waals surface area contributed by atoms with Gasteiger partial charge < -0.3 is 24.5 Å². The Hall–Kier alpha value is -1.50. The second kappa shape index (κ2) is 6.51. The van der Waals surface area contributed by atoms with Crippen molar-refractivity contribution in [3.63, 3.8) is 0 Å². The molecule has 1 rings (SSSR count). The van der Waals surface area contributed by atoms with Crippen LogP contribution in [0.1, 0.15) is 34.1 Å². The third-order valence-electron chi connectivity index (χ3n) is 3.53. The zero-order valence-corrected chi connectivity index (χ0v) is 13.8. The molecular formula is C14H27N3O4. The number of aliphatic hydroxyl groups is 1. The van der Waals surface area contributed by atoms with Crippen molar-refractivity contribution in [1.82, 2.24) is 14.7 Å². The van der Waals surface area contributed by atoms with Crippen molar-refractivity contribution in [2.24, 2.45) is 0 Å². The van der Waals surface area contributed by atoms with Crippen LogP contribution in [0.25, 0.3) is 0 Å². The maximum atomic E-state index is 12.1. The Bertz CT molecular complexity index is 392. The van der Waals surface area contributed by atoms with Crippen LogP contribution in [0.15, 0.2) is 0 Å². The van der Waals surface area contributed by atoms with Gasteiger partial charge in [-0.05, 0) is 34.1 Å². The van der Waals surface area contributed by atoms with Gasteiger partial charge in [-0.1, -0.05) is 0 Å². The number of likely N-dealkylation sites (N-methyl/N-ethyl adjacent to an activating group) is 1. The molecule has 0 spiro atoms. The molecule has 0 radical (unpaired) electrons. The molecule has 0 aliphatic carbocycles. The molecule has 7 nitrogen and oxygen atoms in total. The lowest BCUT2D eigenvalue weighted by molar-refractivity contribution is 0.0268. The Balaban J connectivity index is 2.58. The summed E-state index contributed by atoms with van der Waals surface area (Å²) >= 11 is 0. The summed E-state index contributed by atoms with van der Waals surface area (Å²) in [5.74, 6) is 0. The average molecular weight is 301 g/mol. The van der Waals surface area contributed by atoms with E-state index in [-0.39, 0.29) is 18.2 Å². The summed E-state index contributed by atoms with van der Waals surface area (Å²) in [6, 6.07) is -0.327. The number of carbonyl (C=O) groups excluding carboxylic acids is 2. The smallest absolute Gasteiger partial charge is 0.410 e. The molecule has 1 aliphatic heterocycles. The molecule has 3 amide bonds. The minimum Gasteiger partial charge on any atom is -0.444 e. The van der Waals surface area contributed by atoms with Crippen molar-refractivity contribution >= 4 is 12.1 Å². The summed E-state index contributed by atoms with van der Waals surface area (Å²) in [6.45, 7) is 8.02. The number of aliphatic hydroxyl groups excluding tert-OH is 1. The van der Waals surface area contributed by atoms with E-state index in [1.165, 1.54) is 11.8 Å². The second-order valence-corrected chi connectivity index (χ2v) is 6.51. The van der Waals surface area contributed by atoms with Crippen molar-refractivity contribution in [3.05, 3.63) is 0 Å². The van der Waals surface area contributed by atoms with Gasteiger partial charge in [0, 0.05) is 27.2 Å². The standard InChI is InChI=1S/C14H27N3O4/c1-10(18)15(5)12(19)16(6)11-7-8-17(9-11)13(20)21-14(2,3)4/h10-11,18H,7-9H2,1-6H3/t10?,11-/m0/s1. The van der Waals surface area contributed by atoms with Crippen LogP contribution >= 0.6 is 0 Å². The van der Waals surface area contributed by atoms with Crippen LogP contribution in [0, 0.1) is 0 Å². The SMILES string of the molecule is CC(O)N(C)C(=O)N(C)[C@H]1CCN(C(=O)OC(C)(C)C)C1. The first kappa shape index (κ1) is 17.6. The van der Waals surface area contributed by atoms with Gasteiger partial charge in [-0.3, -0.25) is 0 Å². The molecule has 0 bridgehead atoms. The first-order chi connectivity index (χ1) is 9.53. The van der Waals surface area contributed by atoms with Gasteiger partial charge in [0.15, 0.2) is 0 Å². The second-order valence-electron chi connectivity index (χ2n) is 6.51. The Morgan fingerprint density at radius 2 is 1.90 bits per heavy atom. The fourth-order valence-corrected chi connectivity index (χ4v) is 2.12. The molecule has 0 saturated carbocycles. The van der Waals surface area contributed by atoms with E-state index in [0.29, 0.717) is 19.5 Å². The highest BCUT2D eigenvalue weighted by Gasteiger charge is 2.34. The molecule has 2 atom stereocenters. The molecule has 1 N–H and O–H groups in total. The highest BCUT2D eigenvalue weighted by molar-refractivity contribution is 5.75. The number of ether oxygens (including phenoxy) is 1. The topological polar surface area (TPSA) is 73.3 Å². The highest BCUT2D eigenvalue weighted by atomic mass is 16.6. The predicted molar refractivity (Wildman–Crippen MR) is 78.8 cm³/mol. The number of nitrogens with zero attached hydrogens (tertiary/aromatic N) is 3. The Morgan fingerprint density at radius 1 is 1.33 bits per heavy atom. The third-order valence-corrected chi connectivity index (χ3v) is 3.53. The zero-order valence-electron chi connectivity index (χ0n) is 13.8. The fourth-order valence-electron chi connectivity index (χ4n) is 2.12. The van der Waals surface area contributed by atoms with Crippen LogP contribution in [-0.2, 0) is 4.74 Å². The van der Waals surface area contributed by atoms with Gasteiger partial charge in [0.25, 0.3) is 0 Å². The normalized spacial score (nSPS) is 20.1. The Morgan fingerprint density at radius 3 is 2.38 bits per heavy atom. The van der Waals surface area contributed by atoms with Crippen LogP contribution in [0.4, 0.5) is 9.59 Å². The van der Waals surface area contributed by atoms with Crippen LogP contribution < -0.4 is 0 Å². The lowest BCUT2D eigenvalue weighted by atomic mass is 10.2. The van der Waals surface area contributed by atoms with Crippen LogP contribution in [0.2, 0.25) is 0 Å². The molecule has 1 saturated heterocycles. The molecule has 1 unspecified atom stereocenters. The van der Waals surface area contributed by atoms with Crippen molar-refractivity contribution in [2.45, 2.75) is 52.0 Å². The quantitative estimate of drug-likeness (QED) is 0.781. The van der Waals surface area contributed by atoms with Gasteiger partial charge in [-0.25, -0.2) is 9.59 Å². The molecule has 1 fully saturated rings. The summed E-state index contributed by atoms with van der Waals surface area (Å²) < 4.78 is 5.33. The van der Waals surface area contributed by atoms with E-state index in [1.807, 2.05) is 20.8 Å². The molecule has 122 valence electrons. The molecule has 0 aromatic carbocycles. The minimum absolute atomic E-state index is 0.0637. The minimum atomic E-state index is -0.844. The monoisotopic (exact) mass is 301 g/mol. The first-order valence-corrected chi connectivity index (χ1v) is 7.18. The Labute approximate surface area is 126 Å². The zero-order chi connectivity index (χ0) is 16.4. The third kappa shape index (κ3) is 4.77. The van der Waals surface area contributed by atoms with Gasteiger partial charge in [0.05, 0.1) is 6.04 Å². The molecule has 0 aromatic heterocycles. The van der Waals surface area contributed by atoms with Gasteiger partial charge in [-0.2, -0.15) is 0 Å². The van der Waals surface area contributed by atoms with E-state index in [0.717, 1.165) is 0 Å². The van der Waals surface area contributed by atoms with Gasteiger partial charge in [0.1, 0.15) is 11.8 Å². The molecule has 0 aromatic rings. The van der Waals surface area contributed by atoms with Gasteiger partial charge in [-0.15, -0.1) is 0 Å². The molecule has 1 heterocycles. The molecule has 21 heavy (non-hydrogen) atoms. The van der Waals surface area contributed by atoms with E-state index in [4.69, 9.17) is 4.74 Å². The summed E-state index contributed by atoms with van der Waals surface area (Å²) in [5.41, 5.74) is -0.524. The molecular weight excluding hydrogens is 274 g/mol. The summed E-state index contributed by atoms with van der Waals surface area (Å²) in [6.07, 6.45) is -0.493. The van der Waals surface area contributed by atoms with E-state index in [9.17, 15) is 14.7 Å². The number of hydrogen-bond acceptors (Lipinski definition) is 4.